The van der Waals surface area contributed by atoms with Gasteiger partial charge in [-0.1, -0.05) is 19.9 Å². The molecule has 1 aliphatic rings. The van der Waals surface area contributed by atoms with Crippen LogP contribution in [0.5, 0.6) is 5.75 Å². The van der Waals surface area contributed by atoms with E-state index in [0.29, 0.717) is 46.5 Å². The summed E-state index contributed by atoms with van der Waals surface area (Å²) in [4.78, 5) is 4.20. The third-order valence-corrected chi connectivity index (χ3v) is 5.96. The van der Waals surface area contributed by atoms with E-state index in [-0.39, 0.29) is 0 Å². The highest BCUT2D eigenvalue weighted by Crippen LogP contribution is 2.46. The summed E-state index contributed by atoms with van der Waals surface area (Å²) in [6.07, 6.45) is -3.51. The van der Waals surface area contributed by atoms with Gasteiger partial charge in [-0.2, -0.15) is 13.2 Å². The molecule has 1 aliphatic heterocycles. The molecule has 4 rings (SSSR count). The number of aliphatic hydroxyl groups is 1. The fraction of sp³-hybridized carbons (Fsp3) is 0.375. The third-order valence-electron chi connectivity index (χ3n) is 5.96. The van der Waals surface area contributed by atoms with Crippen LogP contribution in [0.4, 0.5) is 23.2 Å². The Morgan fingerprint density at radius 1 is 1.12 bits per heavy atom. The Morgan fingerprint density at radius 2 is 1.91 bits per heavy atom. The number of nitrogens with one attached hydrogen (secondary N) is 1. The van der Waals surface area contributed by atoms with Gasteiger partial charge in [0.15, 0.2) is 5.60 Å². The minimum absolute atomic E-state index is 0.321. The molecule has 1 aromatic heterocycles. The lowest BCUT2D eigenvalue weighted by Crippen LogP contribution is -2.53. The van der Waals surface area contributed by atoms with Crippen molar-refractivity contribution in [2.45, 2.75) is 43.9 Å². The zero-order valence-electron chi connectivity index (χ0n) is 17.8. The molecule has 0 amide bonds. The van der Waals surface area contributed by atoms with Crippen LogP contribution in [0.2, 0.25) is 0 Å². The number of fused-ring (bicyclic) bond motifs is 2. The average Bonchev–Trinajstić information content (AvgIpc) is 3.18. The molecule has 0 saturated carbocycles. The number of aromatic nitrogens is 1. The molecule has 170 valence electrons. The molecule has 0 radical (unpaired) electrons. The molecule has 0 bridgehead atoms. The fourth-order valence-corrected chi connectivity index (χ4v) is 4.36. The highest BCUT2D eigenvalue weighted by Gasteiger charge is 2.56. The normalized spacial score (nSPS) is 15.8. The predicted molar refractivity (Wildman–Crippen MR) is 114 cm³/mol. The molecule has 2 aromatic carbocycles. The van der Waals surface area contributed by atoms with Gasteiger partial charge in [-0.25, -0.2) is 4.39 Å². The number of rotatable bonds is 6. The van der Waals surface area contributed by atoms with Crippen molar-refractivity contribution in [3.05, 3.63) is 65.6 Å². The topological polar surface area (TPSA) is 54.4 Å². The molecule has 8 heteroatoms. The molecule has 0 saturated heterocycles. The Balaban J connectivity index is 1.65. The van der Waals surface area contributed by atoms with Crippen molar-refractivity contribution < 1.29 is 27.4 Å². The lowest BCUT2D eigenvalue weighted by molar-refractivity contribution is -0.260. The van der Waals surface area contributed by atoms with Crippen molar-refractivity contribution in [2.75, 3.05) is 18.5 Å². The molecule has 3 aromatic rings. The minimum Gasteiger partial charge on any atom is -0.493 e. The van der Waals surface area contributed by atoms with Gasteiger partial charge >= 0.3 is 6.18 Å². The van der Waals surface area contributed by atoms with Crippen molar-refractivity contribution in [3.63, 3.8) is 0 Å². The Bertz CT molecular complexity index is 1140. The lowest BCUT2D eigenvalue weighted by Gasteiger charge is -2.38. The Morgan fingerprint density at radius 3 is 2.66 bits per heavy atom. The number of benzene rings is 2. The second-order valence-electron chi connectivity index (χ2n) is 8.86. The van der Waals surface area contributed by atoms with Crippen LogP contribution in [0.25, 0.3) is 10.9 Å². The molecule has 0 unspecified atom stereocenters. The molecular formula is C24H24F4N2O2. The summed E-state index contributed by atoms with van der Waals surface area (Å²) >= 11 is 0. The van der Waals surface area contributed by atoms with Gasteiger partial charge in [0, 0.05) is 34.8 Å². The summed E-state index contributed by atoms with van der Waals surface area (Å²) < 4.78 is 62.1. The number of anilines is 1. The van der Waals surface area contributed by atoms with Gasteiger partial charge in [-0.3, -0.25) is 4.98 Å². The quantitative estimate of drug-likeness (QED) is 0.497. The molecule has 32 heavy (non-hydrogen) atoms. The minimum atomic E-state index is -4.92. The van der Waals surface area contributed by atoms with Gasteiger partial charge in [-0.15, -0.1) is 0 Å². The largest absolute Gasteiger partial charge is 0.493 e. The van der Waals surface area contributed by atoms with E-state index in [2.05, 4.69) is 10.3 Å². The first-order chi connectivity index (χ1) is 15.0. The monoisotopic (exact) mass is 448 g/mol. The van der Waals surface area contributed by atoms with Crippen LogP contribution in [0, 0.1) is 5.82 Å². The summed E-state index contributed by atoms with van der Waals surface area (Å²) in [5.41, 5.74) is -2.28. The Labute approximate surface area is 183 Å². The number of nitrogens with zero attached hydrogens (tertiary/aromatic N) is 1. The number of alkyl halides is 3. The Hall–Kier alpha value is -2.87. The number of pyridine rings is 1. The van der Waals surface area contributed by atoms with Gasteiger partial charge in [0.1, 0.15) is 11.6 Å². The van der Waals surface area contributed by atoms with E-state index >= 15 is 0 Å². The average molecular weight is 448 g/mol. The van der Waals surface area contributed by atoms with Gasteiger partial charge < -0.3 is 15.2 Å². The van der Waals surface area contributed by atoms with E-state index in [9.17, 15) is 22.7 Å². The first kappa shape index (κ1) is 22.3. The number of ether oxygens (including phenoxy) is 1. The predicted octanol–water partition coefficient (Wildman–Crippen LogP) is 5.38. The maximum absolute atomic E-state index is 14.2. The van der Waals surface area contributed by atoms with Crippen LogP contribution in [-0.2, 0) is 11.8 Å². The summed E-state index contributed by atoms with van der Waals surface area (Å²) in [5.74, 6) is -0.122. The van der Waals surface area contributed by atoms with Crippen LogP contribution in [0.1, 0.15) is 31.4 Å². The molecule has 0 fully saturated rings. The van der Waals surface area contributed by atoms with E-state index in [4.69, 9.17) is 4.74 Å². The van der Waals surface area contributed by atoms with E-state index in [1.165, 1.54) is 12.1 Å². The highest BCUT2D eigenvalue weighted by atomic mass is 19.4. The van der Waals surface area contributed by atoms with Gasteiger partial charge in [0.05, 0.1) is 18.7 Å². The SMILES string of the molecule is CC(C)(C[C@@](O)(CNc1cccc2ncccc12)C(F)(F)F)c1cc(F)cc2c1OCC2. The van der Waals surface area contributed by atoms with Crippen molar-refractivity contribution in [1.82, 2.24) is 4.98 Å². The fourth-order valence-electron chi connectivity index (χ4n) is 4.36. The van der Waals surface area contributed by atoms with Crippen LogP contribution in [0.15, 0.2) is 48.7 Å². The molecular weight excluding hydrogens is 424 g/mol. The first-order valence-corrected chi connectivity index (χ1v) is 10.3. The van der Waals surface area contributed by atoms with Gasteiger partial charge in [0.2, 0.25) is 0 Å². The zero-order valence-corrected chi connectivity index (χ0v) is 17.8. The second-order valence-corrected chi connectivity index (χ2v) is 8.86. The van der Waals surface area contributed by atoms with Crippen LogP contribution in [0.3, 0.4) is 0 Å². The molecule has 1 atom stereocenters. The maximum Gasteiger partial charge on any atom is 0.418 e. The maximum atomic E-state index is 14.2. The molecule has 2 heterocycles. The summed E-state index contributed by atoms with van der Waals surface area (Å²) in [6.45, 7) is 2.69. The van der Waals surface area contributed by atoms with Gasteiger partial charge in [0.25, 0.3) is 0 Å². The molecule has 4 nitrogen and oxygen atoms in total. The number of hydrogen-bond acceptors (Lipinski definition) is 4. The number of halogens is 4. The molecule has 0 aliphatic carbocycles. The second kappa shape index (κ2) is 7.92. The van der Waals surface area contributed by atoms with Crippen LogP contribution in [-0.4, -0.2) is 35.0 Å². The highest BCUT2D eigenvalue weighted by molar-refractivity contribution is 5.91. The molecule has 2 N–H and O–H groups in total. The summed E-state index contributed by atoms with van der Waals surface area (Å²) in [5, 5.41) is 14.3. The van der Waals surface area contributed by atoms with E-state index in [0.717, 1.165) is 0 Å². The summed E-state index contributed by atoms with van der Waals surface area (Å²) in [7, 11) is 0. The van der Waals surface area contributed by atoms with Crippen molar-refractivity contribution in [1.29, 1.82) is 0 Å². The molecule has 0 spiro atoms. The van der Waals surface area contributed by atoms with Gasteiger partial charge in [-0.05, 0) is 48.2 Å². The standard InChI is InChI=1S/C24H24F4N2O2/c1-22(2,18-12-16(25)11-15-8-10-32-21(15)18)13-23(31,24(26,27)28)14-30-20-7-3-6-19-17(20)5-4-9-29-19/h3-7,9,11-12,30-31H,8,10,13-14H2,1-2H3/t23-/m1/s1. The van der Waals surface area contributed by atoms with Crippen LogP contribution >= 0.6 is 0 Å². The summed E-state index contributed by atoms with van der Waals surface area (Å²) in [6, 6.07) is 11.1. The first-order valence-electron chi connectivity index (χ1n) is 10.3. The Kier molecular flexibility index (Phi) is 5.53. The lowest BCUT2D eigenvalue weighted by atomic mass is 9.74. The van der Waals surface area contributed by atoms with Crippen molar-refractivity contribution in [3.8, 4) is 5.75 Å². The van der Waals surface area contributed by atoms with E-state index in [1.54, 1.807) is 50.4 Å². The van der Waals surface area contributed by atoms with E-state index in [1.807, 2.05) is 0 Å². The smallest absolute Gasteiger partial charge is 0.418 e. The van der Waals surface area contributed by atoms with E-state index < -0.39 is 36.0 Å². The van der Waals surface area contributed by atoms with Crippen molar-refractivity contribution in [2.24, 2.45) is 0 Å². The van der Waals surface area contributed by atoms with Crippen LogP contribution < -0.4 is 10.1 Å². The zero-order chi connectivity index (χ0) is 23.1. The number of hydrogen-bond donors (Lipinski definition) is 2. The third kappa shape index (κ3) is 4.11. The van der Waals surface area contributed by atoms with Crippen molar-refractivity contribution >= 4 is 16.6 Å².